The number of hydrogen-bond acceptors (Lipinski definition) is 3. The van der Waals surface area contributed by atoms with E-state index in [1.807, 2.05) is 6.08 Å². The third-order valence-corrected chi connectivity index (χ3v) is 3.06. The Labute approximate surface area is 72.9 Å². The lowest BCUT2D eigenvalue weighted by Crippen LogP contribution is -2.42. The summed E-state index contributed by atoms with van der Waals surface area (Å²) in [5.41, 5.74) is 2.78. The van der Waals surface area contributed by atoms with Gasteiger partial charge in [-0.1, -0.05) is 6.08 Å². The Morgan fingerprint density at radius 1 is 1.58 bits per heavy atom. The Hall–Kier alpha value is -0.380. The summed E-state index contributed by atoms with van der Waals surface area (Å²) in [5, 5.41) is 0. The van der Waals surface area contributed by atoms with E-state index in [2.05, 4.69) is 12.0 Å². The van der Waals surface area contributed by atoms with Gasteiger partial charge in [0.05, 0.1) is 12.2 Å². The molecule has 2 aliphatic rings. The minimum atomic E-state index is 0.222. The van der Waals surface area contributed by atoms with Crippen molar-refractivity contribution in [1.29, 1.82) is 0 Å². The van der Waals surface area contributed by atoms with Crippen molar-refractivity contribution in [3.63, 3.8) is 0 Å². The Morgan fingerprint density at radius 3 is 2.83 bits per heavy atom. The first-order valence-electron chi connectivity index (χ1n) is 4.59. The van der Waals surface area contributed by atoms with E-state index < -0.39 is 0 Å². The summed E-state index contributed by atoms with van der Waals surface area (Å²) in [5.74, 6) is 5.97. The molecular weight excluding hydrogens is 152 g/mol. The maximum Gasteiger partial charge on any atom is 0.0627 e. The number of nitrogens with two attached hydrogens (primary N) is 1. The first-order valence-corrected chi connectivity index (χ1v) is 4.59. The van der Waals surface area contributed by atoms with Crippen molar-refractivity contribution in [1.82, 2.24) is 5.43 Å². The fraction of sp³-hybridized carbons (Fsp3) is 0.778. The molecule has 2 bridgehead atoms. The van der Waals surface area contributed by atoms with E-state index in [0.717, 1.165) is 6.42 Å². The molecule has 3 heteroatoms. The van der Waals surface area contributed by atoms with Crippen LogP contribution in [0.25, 0.3) is 0 Å². The van der Waals surface area contributed by atoms with Gasteiger partial charge in [0.1, 0.15) is 0 Å². The fourth-order valence-corrected chi connectivity index (χ4v) is 2.42. The topological polar surface area (TPSA) is 47.3 Å². The molecule has 0 spiro atoms. The van der Waals surface area contributed by atoms with Gasteiger partial charge in [0.2, 0.25) is 0 Å². The predicted molar refractivity (Wildman–Crippen MR) is 47.3 cm³/mol. The summed E-state index contributed by atoms with van der Waals surface area (Å²) in [6.07, 6.45) is 6.38. The van der Waals surface area contributed by atoms with Crippen LogP contribution in [-0.2, 0) is 4.74 Å². The number of rotatable bonds is 3. The van der Waals surface area contributed by atoms with Crippen molar-refractivity contribution < 1.29 is 4.74 Å². The maximum atomic E-state index is 5.73. The minimum absolute atomic E-state index is 0.222. The van der Waals surface area contributed by atoms with E-state index in [9.17, 15) is 0 Å². The van der Waals surface area contributed by atoms with E-state index >= 15 is 0 Å². The monoisotopic (exact) mass is 168 g/mol. The number of fused-ring (bicyclic) bond motifs is 2. The summed E-state index contributed by atoms with van der Waals surface area (Å²) in [6.45, 7) is 3.76. The first-order chi connectivity index (χ1) is 5.85. The summed E-state index contributed by atoms with van der Waals surface area (Å²) in [4.78, 5) is 0. The molecule has 0 amide bonds. The quantitative estimate of drug-likeness (QED) is 0.368. The minimum Gasteiger partial charge on any atom is -0.375 e. The van der Waals surface area contributed by atoms with E-state index in [1.54, 1.807) is 0 Å². The van der Waals surface area contributed by atoms with Gasteiger partial charge < -0.3 is 4.74 Å². The van der Waals surface area contributed by atoms with Crippen LogP contribution in [0.1, 0.15) is 19.3 Å². The summed E-state index contributed by atoms with van der Waals surface area (Å²) >= 11 is 0. The van der Waals surface area contributed by atoms with Crippen LogP contribution in [0.4, 0.5) is 0 Å². The van der Waals surface area contributed by atoms with Gasteiger partial charge in [-0.15, -0.1) is 6.58 Å². The van der Waals surface area contributed by atoms with Crippen molar-refractivity contribution in [2.75, 3.05) is 0 Å². The zero-order valence-corrected chi connectivity index (χ0v) is 7.20. The third kappa shape index (κ3) is 1.18. The van der Waals surface area contributed by atoms with Crippen molar-refractivity contribution in [3.05, 3.63) is 12.7 Å². The van der Waals surface area contributed by atoms with E-state index in [0.29, 0.717) is 18.1 Å². The Bertz CT molecular complexity index is 183. The highest BCUT2D eigenvalue weighted by atomic mass is 16.5. The molecule has 3 N–H and O–H groups in total. The number of ether oxygens (including phenoxy) is 1. The Balaban J connectivity index is 2.00. The van der Waals surface area contributed by atoms with E-state index in [4.69, 9.17) is 10.6 Å². The zero-order chi connectivity index (χ0) is 8.55. The molecule has 0 saturated carbocycles. The normalized spacial score (nSPS) is 41.6. The lowest BCUT2D eigenvalue weighted by molar-refractivity contribution is 0.0888. The maximum absolute atomic E-state index is 5.73. The highest BCUT2D eigenvalue weighted by Crippen LogP contribution is 2.40. The van der Waals surface area contributed by atoms with Crippen molar-refractivity contribution >= 4 is 0 Å². The van der Waals surface area contributed by atoms with E-state index in [-0.39, 0.29) is 6.04 Å². The van der Waals surface area contributed by atoms with Gasteiger partial charge in [-0.2, -0.15) is 0 Å². The molecule has 68 valence electrons. The lowest BCUT2D eigenvalue weighted by Gasteiger charge is -2.24. The molecule has 2 fully saturated rings. The largest absolute Gasteiger partial charge is 0.375 e. The van der Waals surface area contributed by atoms with Crippen LogP contribution in [0.15, 0.2) is 12.7 Å². The molecule has 2 heterocycles. The Morgan fingerprint density at radius 2 is 2.42 bits per heavy atom. The van der Waals surface area contributed by atoms with Crippen LogP contribution in [0.2, 0.25) is 0 Å². The second-order valence-corrected chi connectivity index (χ2v) is 3.70. The summed E-state index contributed by atoms with van der Waals surface area (Å²) < 4.78 is 5.73. The van der Waals surface area contributed by atoms with Crippen LogP contribution in [0, 0.1) is 5.92 Å². The van der Waals surface area contributed by atoms with Crippen LogP contribution < -0.4 is 11.3 Å². The SMILES string of the molecule is C=CC(NN)C1CC2CCC1O2. The second kappa shape index (κ2) is 3.17. The smallest absolute Gasteiger partial charge is 0.0627 e. The number of nitrogens with one attached hydrogen (secondary N) is 1. The van der Waals surface area contributed by atoms with Gasteiger partial charge in [-0.3, -0.25) is 11.3 Å². The van der Waals surface area contributed by atoms with Crippen molar-refractivity contribution in [2.45, 2.75) is 37.5 Å². The van der Waals surface area contributed by atoms with Gasteiger partial charge in [0.15, 0.2) is 0 Å². The predicted octanol–water partition coefficient (Wildman–Crippen LogP) is 0.572. The van der Waals surface area contributed by atoms with E-state index in [1.165, 1.54) is 12.8 Å². The summed E-state index contributed by atoms with van der Waals surface area (Å²) in [6, 6.07) is 0.222. The van der Waals surface area contributed by atoms with Crippen LogP contribution >= 0.6 is 0 Å². The molecule has 2 rings (SSSR count). The van der Waals surface area contributed by atoms with Gasteiger partial charge in [-0.25, -0.2) is 0 Å². The molecular formula is C9H16N2O. The average molecular weight is 168 g/mol. The van der Waals surface area contributed by atoms with Crippen LogP contribution in [0.3, 0.4) is 0 Å². The molecule has 4 unspecified atom stereocenters. The zero-order valence-electron chi connectivity index (χ0n) is 7.20. The van der Waals surface area contributed by atoms with Gasteiger partial charge in [0, 0.05) is 12.0 Å². The van der Waals surface area contributed by atoms with Gasteiger partial charge >= 0.3 is 0 Å². The molecule has 4 atom stereocenters. The molecule has 0 aromatic heterocycles. The van der Waals surface area contributed by atoms with Crippen LogP contribution in [0.5, 0.6) is 0 Å². The molecule has 2 saturated heterocycles. The first kappa shape index (κ1) is 8.23. The highest BCUT2D eigenvalue weighted by Gasteiger charge is 2.43. The number of hydrogen-bond donors (Lipinski definition) is 2. The molecule has 0 radical (unpaired) electrons. The molecule has 0 aliphatic carbocycles. The number of hydrazine groups is 1. The fourth-order valence-electron chi connectivity index (χ4n) is 2.42. The molecule has 12 heavy (non-hydrogen) atoms. The third-order valence-electron chi connectivity index (χ3n) is 3.06. The summed E-state index contributed by atoms with van der Waals surface area (Å²) in [7, 11) is 0. The Kier molecular flexibility index (Phi) is 2.17. The lowest BCUT2D eigenvalue weighted by atomic mass is 9.84. The molecule has 3 nitrogen and oxygen atoms in total. The average Bonchev–Trinajstić information content (AvgIpc) is 2.67. The molecule has 0 aromatic rings. The van der Waals surface area contributed by atoms with Gasteiger partial charge in [-0.05, 0) is 19.3 Å². The molecule has 0 aromatic carbocycles. The standard InChI is InChI=1S/C9H16N2O/c1-2-8(11-10)7-5-6-3-4-9(7)12-6/h2,6-9,11H,1,3-5,10H2. The second-order valence-electron chi connectivity index (χ2n) is 3.70. The molecule has 2 aliphatic heterocycles. The highest BCUT2D eigenvalue weighted by molar-refractivity contribution is 5.00. The van der Waals surface area contributed by atoms with Crippen molar-refractivity contribution in [2.24, 2.45) is 11.8 Å². The van der Waals surface area contributed by atoms with Crippen molar-refractivity contribution in [3.8, 4) is 0 Å². The van der Waals surface area contributed by atoms with Gasteiger partial charge in [0.25, 0.3) is 0 Å². The van der Waals surface area contributed by atoms with Crippen LogP contribution in [-0.4, -0.2) is 18.2 Å².